The molecular weight excluding hydrogens is 735 g/mol. The van der Waals surface area contributed by atoms with Crippen molar-refractivity contribution in [1.29, 1.82) is 0 Å². The van der Waals surface area contributed by atoms with Gasteiger partial charge in [0.25, 0.3) is 5.91 Å². The smallest absolute Gasteiger partial charge is 0.254 e. The van der Waals surface area contributed by atoms with Crippen LogP contribution in [0.2, 0.25) is 0 Å². The number of H-pyrrole nitrogens is 2. The molecule has 0 saturated carbocycles. The maximum Gasteiger partial charge on any atom is 0.254 e. The standard InChI is InChI=1S/C48H53N9O2/c1-53(2)44(37-9-5-4-6-10-37)48(59)57-26-8-12-43(57)46-50-32-41(52-46)36-19-15-34(16-20-36)33-13-17-35(18-14-33)40-31-49-45(51-40)42-11-7-25-56(42)47(58)38-21-23-39(24-22-38)55-29-27-54(3)28-30-55/h4-6,9-10,13-24,31-32,42-44H,7-8,11-12,25-30H2,1-3H3,(H,49,51)(H,50,52)/t42-,43-,44?/m0/s1. The van der Waals surface area contributed by atoms with Crippen molar-refractivity contribution in [2.45, 2.75) is 43.8 Å². The van der Waals surface area contributed by atoms with Crippen molar-refractivity contribution in [3.05, 3.63) is 138 Å². The average Bonchev–Trinajstić information content (AvgIpc) is 4.12. The van der Waals surface area contributed by atoms with Gasteiger partial charge in [0.05, 0.1) is 35.9 Å². The van der Waals surface area contributed by atoms with Crippen LogP contribution in [-0.2, 0) is 4.79 Å². The molecule has 3 aliphatic heterocycles. The lowest BCUT2D eigenvalue weighted by atomic mass is 10.0. The number of aromatic amines is 2. The number of hydrogen-bond donors (Lipinski definition) is 2. The molecular formula is C48H53N9O2. The van der Waals surface area contributed by atoms with Crippen LogP contribution in [0.1, 0.15) is 71.4 Å². The number of likely N-dealkylation sites (tertiary alicyclic amines) is 2. The molecule has 9 rings (SSSR count). The van der Waals surface area contributed by atoms with E-state index in [0.29, 0.717) is 0 Å². The second-order valence-electron chi connectivity index (χ2n) is 16.5. The Morgan fingerprint density at radius 3 is 1.68 bits per heavy atom. The highest BCUT2D eigenvalue weighted by Gasteiger charge is 2.37. The fourth-order valence-corrected chi connectivity index (χ4v) is 9.10. The van der Waals surface area contributed by atoms with Gasteiger partial charge in [0.15, 0.2) is 0 Å². The van der Waals surface area contributed by atoms with Gasteiger partial charge in [-0.25, -0.2) is 9.97 Å². The highest BCUT2D eigenvalue weighted by molar-refractivity contribution is 5.95. The topological polar surface area (TPSA) is 108 Å². The molecule has 0 radical (unpaired) electrons. The van der Waals surface area contributed by atoms with Crippen molar-refractivity contribution in [3.63, 3.8) is 0 Å². The van der Waals surface area contributed by atoms with Gasteiger partial charge in [-0.3, -0.25) is 14.5 Å². The van der Waals surface area contributed by atoms with Crippen LogP contribution in [0.4, 0.5) is 5.69 Å². The molecule has 2 amide bonds. The Morgan fingerprint density at radius 2 is 1.14 bits per heavy atom. The maximum absolute atomic E-state index is 13.9. The average molecular weight is 788 g/mol. The van der Waals surface area contributed by atoms with E-state index in [4.69, 9.17) is 9.97 Å². The number of aromatic nitrogens is 4. The summed E-state index contributed by atoms with van der Waals surface area (Å²) in [4.78, 5) is 55.0. The highest BCUT2D eigenvalue weighted by atomic mass is 16.2. The van der Waals surface area contributed by atoms with E-state index < -0.39 is 0 Å². The molecule has 2 aromatic heterocycles. The third kappa shape index (κ3) is 7.92. The summed E-state index contributed by atoms with van der Waals surface area (Å²) in [5, 5.41) is 0. The predicted octanol–water partition coefficient (Wildman–Crippen LogP) is 7.83. The molecule has 0 aliphatic carbocycles. The van der Waals surface area contributed by atoms with Crippen LogP contribution in [0.3, 0.4) is 0 Å². The molecule has 2 N–H and O–H groups in total. The third-order valence-electron chi connectivity index (χ3n) is 12.4. The van der Waals surface area contributed by atoms with Crippen LogP contribution in [-0.4, -0.2) is 112 Å². The molecule has 3 aliphatic rings. The normalized spacial score (nSPS) is 19.2. The predicted molar refractivity (Wildman–Crippen MR) is 233 cm³/mol. The molecule has 3 fully saturated rings. The molecule has 3 atom stereocenters. The van der Waals surface area contributed by atoms with Gasteiger partial charge in [0, 0.05) is 50.5 Å². The number of benzene rings is 4. The van der Waals surface area contributed by atoms with Gasteiger partial charge in [0.1, 0.15) is 17.7 Å². The molecule has 4 aromatic carbocycles. The summed E-state index contributed by atoms with van der Waals surface area (Å²) in [6, 6.07) is 34.7. The van der Waals surface area contributed by atoms with E-state index in [2.05, 4.69) is 87.5 Å². The molecule has 1 unspecified atom stereocenters. The molecule has 5 heterocycles. The number of piperazine rings is 1. The minimum Gasteiger partial charge on any atom is -0.369 e. The second-order valence-corrected chi connectivity index (χ2v) is 16.5. The van der Waals surface area contributed by atoms with Crippen molar-refractivity contribution < 1.29 is 9.59 Å². The summed E-state index contributed by atoms with van der Waals surface area (Å²) in [6.45, 7) is 5.55. The van der Waals surface area contributed by atoms with Crippen LogP contribution in [0.5, 0.6) is 0 Å². The Kier molecular flexibility index (Phi) is 10.9. The van der Waals surface area contributed by atoms with Crippen LogP contribution in [0, 0.1) is 0 Å². The van der Waals surface area contributed by atoms with Crippen molar-refractivity contribution in [2.24, 2.45) is 0 Å². The molecule has 0 bridgehead atoms. The molecule has 0 spiro atoms. The largest absolute Gasteiger partial charge is 0.369 e. The Balaban J connectivity index is 0.836. The number of carbonyl (C=O) groups excluding carboxylic acids is 2. The lowest BCUT2D eigenvalue weighted by Crippen LogP contribution is -2.44. The summed E-state index contributed by atoms with van der Waals surface area (Å²) in [5.41, 5.74) is 9.09. The summed E-state index contributed by atoms with van der Waals surface area (Å²) >= 11 is 0. The quantitative estimate of drug-likeness (QED) is 0.146. The van der Waals surface area contributed by atoms with E-state index >= 15 is 0 Å². The molecule has 11 nitrogen and oxygen atoms in total. The molecule has 302 valence electrons. The fraction of sp³-hybridized carbons (Fsp3) is 0.333. The molecule has 11 heteroatoms. The van der Waals surface area contributed by atoms with E-state index in [1.54, 1.807) is 0 Å². The molecule has 59 heavy (non-hydrogen) atoms. The van der Waals surface area contributed by atoms with E-state index in [9.17, 15) is 9.59 Å². The van der Waals surface area contributed by atoms with Crippen LogP contribution in [0.25, 0.3) is 33.6 Å². The summed E-state index contributed by atoms with van der Waals surface area (Å²) < 4.78 is 0. The lowest BCUT2D eigenvalue weighted by molar-refractivity contribution is -0.137. The zero-order chi connectivity index (χ0) is 40.5. The second kappa shape index (κ2) is 16.7. The van der Waals surface area contributed by atoms with Gasteiger partial charge in [-0.15, -0.1) is 0 Å². The van der Waals surface area contributed by atoms with E-state index in [0.717, 1.165) is 121 Å². The van der Waals surface area contributed by atoms with Crippen molar-refractivity contribution >= 4 is 17.5 Å². The van der Waals surface area contributed by atoms with Crippen molar-refractivity contribution in [2.75, 3.05) is 65.3 Å². The molecule has 6 aromatic rings. The Bertz CT molecular complexity index is 2360. The number of nitrogens with zero attached hydrogens (tertiary/aromatic N) is 7. The minimum absolute atomic E-state index is 0.0588. The number of nitrogens with one attached hydrogen (secondary N) is 2. The zero-order valence-electron chi connectivity index (χ0n) is 34.2. The number of carbonyl (C=O) groups is 2. The van der Waals surface area contributed by atoms with E-state index in [1.807, 2.05) is 83.7 Å². The fourth-order valence-electron chi connectivity index (χ4n) is 9.10. The zero-order valence-corrected chi connectivity index (χ0v) is 34.2. The third-order valence-corrected chi connectivity index (χ3v) is 12.4. The van der Waals surface area contributed by atoms with Gasteiger partial charge < -0.3 is 29.6 Å². The van der Waals surface area contributed by atoms with Gasteiger partial charge in [0.2, 0.25) is 5.91 Å². The first-order valence-corrected chi connectivity index (χ1v) is 21.0. The van der Waals surface area contributed by atoms with E-state index in [-0.39, 0.29) is 29.9 Å². The summed E-state index contributed by atoms with van der Waals surface area (Å²) in [7, 11) is 6.08. The molecule has 3 saturated heterocycles. The Morgan fingerprint density at radius 1 is 0.627 bits per heavy atom. The van der Waals surface area contributed by atoms with Crippen LogP contribution >= 0.6 is 0 Å². The number of rotatable bonds is 10. The number of hydrogen-bond acceptors (Lipinski definition) is 7. The first-order chi connectivity index (χ1) is 28.8. The van der Waals surface area contributed by atoms with Crippen molar-refractivity contribution in [1.82, 2.24) is 39.5 Å². The summed E-state index contributed by atoms with van der Waals surface area (Å²) in [6.07, 6.45) is 7.43. The van der Waals surface area contributed by atoms with Gasteiger partial charge in [-0.05, 0) is 98.9 Å². The SMILES string of the molecule is CN1CCN(c2ccc(C(=O)N3CCC[C@H]3c3ncc(-c4ccc(-c5ccc(-c6cnc([C@@H]7CCCN7C(=O)C(c7ccccc7)N(C)C)[nH]6)cc5)cc4)[nH]3)cc2)CC1. The minimum atomic E-state index is -0.341. The van der Waals surface area contributed by atoms with Crippen molar-refractivity contribution in [3.8, 4) is 33.6 Å². The first kappa shape index (κ1) is 38.5. The van der Waals surface area contributed by atoms with Crippen LogP contribution < -0.4 is 4.90 Å². The highest BCUT2D eigenvalue weighted by Crippen LogP contribution is 2.36. The van der Waals surface area contributed by atoms with Gasteiger partial charge >= 0.3 is 0 Å². The number of imidazole rings is 2. The Labute approximate surface area is 346 Å². The first-order valence-electron chi connectivity index (χ1n) is 21.0. The monoisotopic (exact) mass is 787 g/mol. The number of anilines is 1. The maximum atomic E-state index is 13.9. The van der Waals surface area contributed by atoms with E-state index in [1.165, 1.54) is 5.69 Å². The number of amides is 2. The van der Waals surface area contributed by atoms with Gasteiger partial charge in [-0.1, -0.05) is 78.9 Å². The lowest BCUT2D eigenvalue weighted by Gasteiger charge is -2.34. The number of likely N-dealkylation sites (N-methyl/N-ethyl adjacent to an activating group) is 2. The van der Waals surface area contributed by atoms with Gasteiger partial charge in [-0.2, -0.15) is 0 Å². The Hall–Kier alpha value is -6.04. The summed E-state index contributed by atoms with van der Waals surface area (Å²) in [5.74, 6) is 1.83. The van der Waals surface area contributed by atoms with Crippen LogP contribution in [0.15, 0.2) is 116 Å².